The zero-order chi connectivity index (χ0) is 4.99. The number of hydrogen-bond acceptors (Lipinski definition) is 1. The number of rotatable bonds is 2. The molecule has 0 amide bonds. The summed E-state index contributed by atoms with van der Waals surface area (Å²) >= 11 is 0. The highest BCUT2D eigenvalue weighted by atomic mass is 15.1. The molecule has 0 heterocycles. The van der Waals surface area contributed by atoms with Gasteiger partial charge in [-0.2, -0.15) is 0 Å². The molecule has 1 nitrogen and oxygen atoms in total. The van der Waals surface area contributed by atoms with Crippen molar-refractivity contribution in [1.29, 1.82) is 0 Å². The lowest BCUT2D eigenvalue weighted by molar-refractivity contribution is 0.391. The molecule has 0 fully saturated rings. The molecule has 0 aromatic rings. The maximum absolute atomic E-state index is 5.21. The first-order valence-electron chi connectivity index (χ1n) is 2.20. The normalized spacial score (nSPS) is 10.0. The van der Waals surface area contributed by atoms with Gasteiger partial charge >= 0.3 is 0 Å². The van der Waals surface area contributed by atoms with Crippen molar-refractivity contribution in [2.75, 3.05) is 20.1 Å². The molecule has 1 heteroatoms. The van der Waals surface area contributed by atoms with Crippen molar-refractivity contribution in [2.45, 2.75) is 6.92 Å². The van der Waals surface area contributed by atoms with Crippen LogP contribution in [-0.2, 0) is 0 Å². The Bertz CT molecular complexity index is 23.1. The predicted octanol–water partition coefficient (Wildman–Crippen LogP) is 0.649. The van der Waals surface area contributed by atoms with Gasteiger partial charge in [-0.05, 0) is 20.5 Å². The van der Waals surface area contributed by atoms with Crippen LogP contribution in [0.2, 0.25) is 0 Å². The second-order valence-corrected chi connectivity index (χ2v) is 1.35. The van der Waals surface area contributed by atoms with E-state index >= 15 is 0 Å². The number of hydrogen-bond donors (Lipinski definition) is 0. The highest BCUT2D eigenvalue weighted by molar-refractivity contribution is 4.45. The first kappa shape index (κ1) is 5.96. The Morgan fingerprint density at radius 3 is 2.17 bits per heavy atom. The third-order valence-electron chi connectivity index (χ3n) is 0.852. The van der Waals surface area contributed by atoms with Crippen molar-refractivity contribution in [3.63, 3.8) is 0 Å². The standard InChI is InChI=1S/C5H11N/c1-4-6(3)5-2/h1H,4-5H2,2-3H3. The molecule has 0 N–H and O–H groups in total. The molecule has 0 unspecified atom stereocenters. The molecule has 0 saturated heterocycles. The summed E-state index contributed by atoms with van der Waals surface area (Å²) in [4.78, 5) is 2.03. The predicted molar refractivity (Wildman–Crippen MR) is 27.5 cm³/mol. The van der Waals surface area contributed by atoms with Crippen LogP contribution in [0.4, 0.5) is 0 Å². The molecule has 36 valence electrons. The van der Waals surface area contributed by atoms with E-state index in [1.165, 1.54) is 0 Å². The molecule has 0 saturated carbocycles. The monoisotopic (exact) mass is 85.1 g/mol. The van der Waals surface area contributed by atoms with Gasteiger partial charge in [-0.3, -0.25) is 0 Å². The van der Waals surface area contributed by atoms with Crippen molar-refractivity contribution >= 4 is 0 Å². The summed E-state index contributed by atoms with van der Waals surface area (Å²) in [5.74, 6) is 0. The lowest BCUT2D eigenvalue weighted by Gasteiger charge is -2.07. The Morgan fingerprint density at radius 2 is 2.17 bits per heavy atom. The lowest BCUT2D eigenvalue weighted by Crippen LogP contribution is -2.15. The Hall–Kier alpha value is -0.0400. The van der Waals surface area contributed by atoms with Gasteiger partial charge in [0.1, 0.15) is 0 Å². The van der Waals surface area contributed by atoms with Crippen molar-refractivity contribution < 1.29 is 0 Å². The minimum atomic E-state index is 0.663. The van der Waals surface area contributed by atoms with Crippen molar-refractivity contribution in [2.24, 2.45) is 0 Å². The van der Waals surface area contributed by atoms with E-state index in [0.717, 1.165) is 6.54 Å². The minimum absolute atomic E-state index is 0.663. The zero-order valence-electron chi connectivity index (χ0n) is 4.44. The van der Waals surface area contributed by atoms with Gasteiger partial charge in [0.2, 0.25) is 0 Å². The van der Waals surface area contributed by atoms with Crippen LogP contribution < -0.4 is 0 Å². The SMILES string of the molecule is [CH]CN(C)CC. The second-order valence-electron chi connectivity index (χ2n) is 1.35. The van der Waals surface area contributed by atoms with E-state index in [1.54, 1.807) is 0 Å². The fraction of sp³-hybridized carbons (Fsp3) is 0.800. The van der Waals surface area contributed by atoms with Crippen LogP contribution in [0.25, 0.3) is 0 Å². The Kier molecular flexibility index (Phi) is 3.14. The van der Waals surface area contributed by atoms with Gasteiger partial charge in [0.15, 0.2) is 0 Å². The van der Waals surface area contributed by atoms with Crippen LogP contribution in [0, 0.1) is 6.92 Å². The van der Waals surface area contributed by atoms with Crippen molar-refractivity contribution in [3.8, 4) is 0 Å². The highest BCUT2D eigenvalue weighted by Crippen LogP contribution is 1.73. The maximum Gasteiger partial charge on any atom is 0.00130 e. The zero-order valence-corrected chi connectivity index (χ0v) is 4.44. The maximum atomic E-state index is 5.21. The summed E-state index contributed by atoms with van der Waals surface area (Å²) < 4.78 is 0. The van der Waals surface area contributed by atoms with E-state index < -0.39 is 0 Å². The van der Waals surface area contributed by atoms with E-state index in [2.05, 4.69) is 6.92 Å². The molecule has 0 aromatic heterocycles. The van der Waals surface area contributed by atoms with Gasteiger partial charge < -0.3 is 4.90 Å². The van der Waals surface area contributed by atoms with Gasteiger partial charge in [0, 0.05) is 6.54 Å². The third-order valence-corrected chi connectivity index (χ3v) is 0.852. The fourth-order valence-corrected chi connectivity index (χ4v) is 0.129. The van der Waals surface area contributed by atoms with Crippen LogP contribution in [0.3, 0.4) is 0 Å². The summed E-state index contributed by atoms with van der Waals surface area (Å²) in [5.41, 5.74) is 0. The van der Waals surface area contributed by atoms with Crippen molar-refractivity contribution in [3.05, 3.63) is 6.92 Å². The van der Waals surface area contributed by atoms with E-state index in [4.69, 9.17) is 6.92 Å². The van der Waals surface area contributed by atoms with Gasteiger partial charge in [-0.15, -0.1) is 0 Å². The largest absolute Gasteiger partial charge is 0.306 e. The molecule has 0 aliphatic rings. The third kappa shape index (κ3) is 2.21. The van der Waals surface area contributed by atoms with E-state index in [0.29, 0.717) is 6.54 Å². The van der Waals surface area contributed by atoms with Crippen LogP contribution in [0.5, 0.6) is 0 Å². The highest BCUT2D eigenvalue weighted by Gasteiger charge is 1.81. The first-order valence-corrected chi connectivity index (χ1v) is 2.20. The molecular formula is C5H11N. The number of nitrogens with zero attached hydrogens (tertiary/aromatic N) is 1. The smallest absolute Gasteiger partial charge is 0.00130 e. The molecule has 0 aliphatic heterocycles. The second kappa shape index (κ2) is 3.16. The lowest BCUT2D eigenvalue weighted by atomic mass is 10.6. The summed E-state index contributed by atoms with van der Waals surface area (Å²) in [6.45, 7) is 8.99. The Balaban J connectivity index is 2.75. The molecule has 6 heavy (non-hydrogen) atoms. The first-order chi connectivity index (χ1) is 2.81. The summed E-state index contributed by atoms with van der Waals surface area (Å²) in [5, 5.41) is 0. The van der Waals surface area contributed by atoms with E-state index in [1.807, 2.05) is 11.9 Å². The van der Waals surface area contributed by atoms with Crippen molar-refractivity contribution in [1.82, 2.24) is 4.90 Å². The topological polar surface area (TPSA) is 3.24 Å². The van der Waals surface area contributed by atoms with Crippen LogP contribution in [0.1, 0.15) is 6.92 Å². The molecule has 2 radical (unpaired) electrons. The Labute approximate surface area is 40.0 Å². The van der Waals surface area contributed by atoms with Crippen LogP contribution in [0.15, 0.2) is 0 Å². The van der Waals surface area contributed by atoms with Gasteiger partial charge in [0.25, 0.3) is 0 Å². The van der Waals surface area contributed by atoms with Crippen LogP contribution >= 0.6 is 0 Å². The molecule has 0 rings (SSSR count). The summed E-state index contributed by atoms with van der Waals surface area (Å²) in [7, 11) is 1.99. The summed E-state index contributed by atoms with van der Waals surface area (Å²) in [6.07, 6.45) is 0. The van der Waals surface area contributed by atoms with Crippen LogP contribution in [-0.4, -0.2) is 25.0 Å². The quantitative estimate of drug-likeness (QED) is 0.476. The molecule has 0 aliphatic carbocycles. The van der Waals surface area contributed by atoms with Gasteiger partial charge in [-0.1, -0.05) is 6.92 Å². The van der Waals surface area contributed by atoms with Gasteiger partial charge in [-0.25, -0.2) is 0 Å². The van der Waals surface area contributed by atoms with E-state index in [-0.39, 0.29) is 0 Å². The average Bonchev–Trinajstić information content (AvgIpc) is 1.65. The molecule has 0 atom stereocenters. The molecular weight excluding hydrogens is 74.1 g/mol. The summed E-state index contributed by atoms with van der Waals surface area (Å²) in [6, 6.07) is 0. The molecule has 0 aromatic carbocycles. The minimum Gasteiger partial charge on any atom is -0.306 e. The molecule has 0 bridgehead atoms. The Morgan fingerprint density at radius 1 is 1.67 bits per heavy atom. The average molecular weight is 85.1 g/mol. The van der Waals surface area contributed by atoms with Gasteiger partial charge in [0.05, 0.1) is 0 Å². The fourth-order valence-electron chi connectivity index (χ4n) is 0.129. The van der Waals surface area contributed by atoms with E-state index in [9.17, 15) is 0 Å². The molecule has 0 spiro atoms.